The van der Waals surface area contributed by atoms with Crippen LogP contribution in [0, 0.1) is 6.92 Å². The second-order valence-electron chi connectivity index (χ2n) is 6.30. The van der Waals surface area contributed by atoms with Gasteiger partial charge < -0.3 is 15.4 Å². The number of H-pyrrole nitrogens is 1. The number of hydrogen-bond donors (Lipinski definition) is 3. The highest BCUT2D eigenvalue weighted by Gasteiger charge is 2.15. The Morgan fingerprint density at radius 3 is 2.92 bits per heavy atom. The minimum Gasteiger partial charge on any atom is -0.394 e. The normalized spacial score (nSPS) is 13.0. The van der Waals surface area contributed by atoms with E-state index >= 15 is 0 Å². The summed E-state index contributed by atoms with van der Waals surface area (Å²) in [6, 6.07) is 7.95. The molecule has 130 valence electrons. The fourth-order valence-electron chi connectivity index (χ4n) is 2.77. The van der Waals surface area contributed by atoms with E-state index in [0.717, 1.165) is 33.4 Å². The van der Waals surface area contributed by atoms with E-state index < -0.39 is 7.80 Å². The third kappa shape index (κ3) is 3.86. The Kier molecular flexibility index (Phi) is 5.11. The molecule has 0 radical (unpaired) electrons. The molecule has 7 heteroatoms. The van der Waals surface area contributed by atoms with Gasteiger partial charge in [0.25, 0.3) is 0 Å². The van der Waals surface area contributed by atoms with Gasteiger partial charge in [-0.2, -0.15) is 0 Å². The molecule has 25 heavy (non-hydrogen) atoms. The molecule has 0 spiro atoms. The number of aromatic nitrogens is 3. The Labute approximate surface area is 147 Å². The Bertz CT molecular complexity index is 923. The average Bonchev–Trinajstić information content (AvgIpc) is 3.01. The quantitative estimate of drug-likeness (QED) is 0.586. The molecule has 0 saturated heterocycles. The molecule has 0 bridgehead atoms. The number of nitrogens with one attached hydrogen (secondary N) is 2. The van der Waals surface area contributed by atoms with Gasteiger partial charge in [0.05, 0.1) is 23.5 Å². The third-order valence-electron chi connectivity index (χ3n) is 4.01. The fraction of sp³-hybridized carbons (Fsp3) is 0.333. The van der Waals surface area contributed by atoms with Gasteiger partial charge >= 0.3 is 7.80 Å². The lowest BCUT2D eigenvalue weighted by Gasteiger charge is -2.12. The van der Waals surface area contributed by atoms with Gasteiger partial charge in [-0.05, 0) is 25.5 Å². The number of aryl methyl sites for hydroxylation is 1. The third-order valence-corrected chi connectivity index (χ3v) is 4.80. The predicted molar refractivity (Wildman–Crippen MR) is 101 cm³/mol. The lowest BCUT2D eigenvalue weighted by molar-refractivity contribution is 0.281. The van der Waals surface area contributed by atoms with Crippen LogP contribution in [0.4, 0.5) is 5.95 Å². The Balaban J connectivity index is 2.04. The highest BCUT2D eigenvalue weighted by Crippen LogP contribution is 2.31. The van der Waals surface area contributed by atoms with Gasteiger partial charge in [0.15, 0.2) is 6.16 Å². The largest absolute Gasteiger partial charge is 0.394 e. The van der Waals surface area contributed by atoms with Crippen molar-refractivity contribution in [2.45, 2.75) is 26.1 Å². The maximum Gasteiger partial charge on any atom is 0.340 e. The number of benzene rings is 1. The molecule has 3 aromatic rings. The summed E-state index contributed by atoms with van der Waals surface area (Å²) in [5.74, 6) is 0.484. The highest BCUT2D eigenvalue weighted by atomic mass is 31.1. The topological polar surface area (TPSA) is 90.9 Å². The van der Waals surface area contributed by atoms with E-state index in [-0.39, 0.29) is 12.6 Å². The van der Waals surface area contributed by atoms with Crippen LogP contribution in [-0.2, 0) is 10.7 Å². The smallest absolute Gasteiger partial charge is 0.340 e. The van der Waals surface area contributed by atoms with Crippen molar-refractivity contribution in [2.75, 3.05) is 18.6 Å². The second kappa shape index (κ2) is 7.30. The molecule has 2 aromatic heterocycles. The Hall–Kier alpha value is -2.30. The van der Waals surface area contributed by atoms with Crippen LogP contribution in [-0.4, -0.2) is 39.4 Å². The molecule has 0 saturated carbocycles. The molecule has 6 nitrogen and oxygen atoms in total. The summed E-state index contributed by atoms with van der Waals surface area (Å²) in [5.41, 5.74) is 4.71. The maximum atomic E-state index is 11.6. The van der Waals surface area contributed by atoms with E-state index in [4.69, 9.17) is 0 Å². The second-order valence-corrected chi connectivity index (χ2v) is 7.88. The van der Waals surface area contributed by atoms with Crippen LogP contribution in [0.25, 0.3) is 22.3 Å². The van der Waals surface area contributed by atoms with E-state index in [9.17, 15) is 9.67 Å². The highest BCUT2D eigenvalue weighted by molar-refractivity contribution is 7.42. The summed E-state index contributed by atoms with van der Waals surface area (Å²) in [7, 11) is -1.25. The van der Waals surface area contributed by atoms with Crippen LogP contribution in [0.1, 0.15) is 18.1 Å². The van der Waals surface area contributed by atoms with Crippen molar-refractivity contribution in [3.05, 3.63) is 41.6 Å². The molecule has 0 amide bonds. The van der Waals surface area contributed by atoms with Crippen molar-refractivity contribution in [2.24, 2.45) is 0 Å². The van der Waals surface area contributed by atoms with E-state index in [1.807, 2.05) is 32.0 Å². The molecule has 2 atom stereocenters. The lowest BCUT2D eigenvalue weighted by Crippen LogP contribution is -2.21. The van der Waals surface area contributed by atoms with Gasteiger partial charge in [0.1, 0.15) is 6.66 Å². The Morgan fingerprint density at radius 1 is 1.40 bits per heavy atom. The average molecular weight is 357 g/mol. The summed E-state index contributed by atoms with van der Waals surface area (Å²) >= 11 is 0. The number of anilines is 1. The van der Waals surface area contributed by atoms with Gasteiger partial charge in [-0.3, -0.25) is 0 Å². The van der Waals surface area contributed by atoms with Crippen LogP contribution in [0.5, 0.6) is 0 Å². The predicted octanol–water partition coefficient (Wildman–Crippen LogP) is 3.68. The first kappa shape index (κ1) is 17.5. The van der Waals surface area contributed by atoms with Crippen molar-refractivity contribution in [3.63, 3.8) is 0 Å². The molecule has 3 rings (SSSR count). The zero-order chi connectivity index (χ0) is 18.0. The number of rotatable bonds is 6. The minimum atomic E-state index is -1.25. The summed E-state index contributed by atoms with van der Waals surface area (Å²) in [5, 5.41) is 13.3. The van der Waals surface area contributed by atoms with Crippen molar-refractivity contribution >= 4 is 24.7 Å². The van der Waals surface area contributed by atoms with Gasteiger partial charge in [0, 0.05) is 23.2 Å². The number of nitrogens with zero attached hydrogens (tertiary/aromatic N) is 2. The van der Waals surface area contributed by atoms with E-state index in [2.05, 4.69) is 26.3 Å². The SMILES string of the molecule is Cc1cnc(NC(C)CO)nc1-c1cc2cccc(C[P+](C)=O)c2[nH]1. The van der Waals surface area contributed by atoms with Crippen LogP contribution >= 0.6 is 7.80 Å². The van der Waals surface area contributed by atoms with E-state index in [1.165, 1.54) is 0 Å². The summed E-state index contributed by atoms with van der Waals surface area (Å²) in [6.45, 7) is 5.58. The number of fused-ring (bicyclic) bond motifs is 1. The first-order valence-electron chi connectivity index (χ1n) is 8.18. The standard InChI is InChI=1S/C18H22N4O2P/c1-11-8-19-18(20-12(2)9-23)22-16(11)15-7-13-5-4-6-14(10-25(3)24)17(13)21-15/h4-8,12,21,23H,9-10H2,1-3H3,(H,19,20,22)/q+1. The van der Waals surface area contributed by atoms with Crippen molar-refractivity contribution < 1.29 is 9.67 Å². The van der Waals surface area contributed by atoms with E-state index in [1.54, 1.807) is 12.9 Å². The monoisotopic (exact) mass is 357 g/mol. The van der Waals surface area contributed by atoms with E-state index in [0.29, 0.717) is 12.1 Å². The fourth-order valence-corrected chi connectivity index (χ4v) is 3.51. The first-order valence-corrected chi connectivity index (χ1v) is 10.1. The molecule has 1 aromatic carbocycles. The van der Waals surface area contributed by atoms with Crippen molar-refractivity contribution in [3.8, 4) is 11.4 Å². The van der Waals surface area contributed by atoms with Gasteiger partial charge in [-0.15, -0.1) is 0 Å². The summed E-state index contributed by atoms with van der Waals surface area (Å²) in [4.78, 5) is 12.3. The van der Waals surface area contributed by atoms with Crippen LogP contribution in [0.3, 0.4) is 0 Å². The molecule has 0 fully saturated rings. The Morgan fingerprint density at radius 2 is 2.20 bits per heavy atom. The number of hydrogen-bond acceptors (Lipinski definition) is 5. The van der Waals surface area contributed by atoms with Crippen LogP contribution in [0.2, 0.25) is 0 Å². The zero-order valence-corrected chi connectivity index (χ0v) is 15.5. The maximum absolute atomic E-state index is 11.6. The molecular weight excluding hydrogens is 335 g/mol. The molecule has 0 aliphatic rings. The zero-order valence-electron chi connectivity index (χ0n) is 14.6. The van der Waals surface area contributed by atoms with Crippen LogP contribution < -0.4 is 5.32 Å². The lowest BCUT2D eigenvalue weighted by atomic mass is 10.1. The molecule has 0 aliphatic carbocycles. The number of aliphatic hydroxyl groups excluding tert-OH is 1. The molecule has 3 N–H and O–H groups in total. The van der Waals surface area contributed by atoms with Crippen molar-refractivity contribution in [1.82, 2.24) is 15.0 Å². The summed E-state index contributed by atoms with van der Waals surface area (Å²) in [6.07, 6.45) is 2.32. The molecule has 2 unspecified atom stereocenters. The molecule has 2 heterocycles. The number of aliphatic hydroxyl groups is 1. The van der Waals surface area contributed by atoms with Gasteiger partial charge in [-0.25, -0.2) is 9.97 Å². The van der Waals surface area contributed by atoms with Crippen molar-refractivity contribution in [1.29, 1.82) is 0 Å². The minimum absolute atomic E-state index is 0.0114. The van der Waals surface area contributed by atoms with Crippen LogP contribution in [0.15, 0.2) is 30.5 Å². The molecular formula is C18H22N4O2P+. The first-order chi connectivity index (χ1) is 12.0. The molecule has 0 aliphatic heterocycles. The number of para-hydroxylation sites is 1. The van der Waals surface area contributed by atoms with Gasteiger partial charge in [-0.1, -0.05) is 22.8 Å². The number of aromatic amines is 1. The summed E-state index contributed by atoms with van der Waals surface area (Å²) < 4.78 is 11.6. The van der Waals surface area contributed by atoms with Gasteiger partial charge in [0.2, 0.25) is 5.95 Å².